The number of hydrogen-bond acceptors (Lipinski definition) is 3. The lowest BCUT2D eigenvalue weighted by Crippen LogP contribution is -2.43. The summed E-state index contributed by atoms with van der Waals surface area (Å²) in [5.74, 6) is -1.36. The van der Waals surface area contributed by atoms with E-state index in [0.717, 1.165) is 25.7 Å². The molecule has 0 aromatic carbocycles. The number of carbonyl (C=O) groups excluding carboxylic acids is 1. The van der Waals surface area contributed by atoms with Crippen molar-refractivity contribution in [2.45, 2.75) is 64.5 Å². The number of hydrogen-bond donors (Lipinski definition) is 2. The predicted octanol–water partition coefficient (Wildman–Crippen LogP) is 1.95. The van der Waals surface area contributed by atoms with Crippen LogP contribution in [-0.4, -0.2) is 35.7 Å². The number of carboxylic acids is 1. The fourth-order valence-corrected chi connectivity index (χ4v) is 2.44. The van der Waals surface area contributed by atoms with E-state index in [2.05, 4.69) is 5.32 Å². The molecule has 1 saturated carbocycles. The van der Waals surface area contributed by atoms with Gasteiger partial charge in [0.1, 0.15) is 0 Å². The van der Waals surface area contributed by atoms with Gasteiger partial charge in [-0.1, -0.05) is 19.3 Å². The lowest BCUT2D eigenvalue weighted by atomic mass is 9.95. The first-order valence-corrected chi connectivity index (χ1v) is 7.14. The Balaban J connectivity index is 2.42. The second kappa shape index (κ2) is 8.15. The highest BCUT2D eigenvalue weighted by Crippen LogP contribution is 2.23. The molecular weight excluding hydrogens is 246 g/mol. The zero-order valence-corrected chi connectivity index (χ0v) is 11.9. The van der Waals surface area contributed by atoms with Crippen molar-refractivity contribution in [3.63, 3.8) is 0 Å². The summed E-state index contributed by atoms with van der Waals surface area (Å²) >= 11 is 0. The molecule has 1 aliphatic carbocycles. The molecular formula is C14H25NO4. The maximum Gasteiger partial charge on any atom is 0.308 e. The van der Waals surface area contributed by atoms with Gasteiger partial charge in [-0.2, -0.15) is 0 Å². The van der Waals surface area contributed by atoms with Crippen LogP contribution in [-0.2, 0) is 14.3 Å². The van der Waals surface area contributed by atoms with E-state index in [1.165, 1.54) is 0 Å². The highest BCUT2D eigenvalue weighted by Gasteiger charge is 2.30. The Hall–Kier alpha value is -1.10. The van der Waals surface area contributed by atoms with Crippen LogP contribution in [0.15, 0.2) is 0 Å². The number of aliphatic carboxylic acids is 1. The molecule has 1 aliphatic rings. The van der Waals surface area contributed by atoms with Crippen molar-refractivity contribution in [3.05, 3.63) is 0 Å². The van der Waals surface area contributed by atoms with Gasteiger partial charge < -0.3 is 15.2 Å². The molecule has 0 aromatic rings. The zero-order valence-electron chi connectivity index (χ0n) is 11.9. The van der Waals surface area contributed by atoms with E-state index >= 15 is 0 Å². The summed E-state index contributed by atoms with van der Waals surface area (Å²) in [5.41, 5.74) is 0. The molecule has 110 valence electrons. The summed E-state index contributed by atoms with van der Waals surface area (Å²) in [6.07, 6.45) is 4.78. The standard InChI is InChI=1S/C14H25NO4/c1-10(2)19-9-8-13(16)15-12-7-5-3-4-6-11(12)14(17)18/h10-12H,3-9H2,1-2H3,(H,15,16)(H,17,18)/t11-,12+/m1/s1. The molecule has 0 unspecified atom stereocenters. The van der Waals surface area contributed by atoms with Crippen LogP contribution in [0.5, 0.6) is 0 Å². The van der Waals surface area contributed by atoms with E-state index in [1.54, 1.807) is 0 Å². The molecule has 0 heterocycles. The summed E-state index contributed by atoms with van der Waals surface area (Å²) in [4.78, 5) is 23.0. The molecule has 2 atom stereocenters. The Morgan fingerprint density at radius 3 is 2.58 bits per heavy atom. The summed E-state index contributed by atoms with van der Waals surface area (Å²) in [7, 11) is 0. The highest BCUT2D eigenvalue weighted by molar-refractivity contribution is 5.78. The molecule has 1 fully saturated rings. The monoisotopic (exact) mass is 271 g/mol. The minimum atomic E-state index is -0.800. The average Bonchev–Trinajstić information content (AvgIpc) is 2.53. The number of amides is 1. The second-order valence-corrected chi connectivity index (χ2v) is 5.43. The number of ether oxygens (including phenoxy) is 1. The quantitative estimate of drug-likeness (QED) is 0.724. The van der Waals surface area contributed by atoms with Crippen molar-refractivity contribution >= 4 is 11.9 Å². The summed E-state index contributed by atoms with van der Waals surface area (Å²) in [6.45, 7) is 4.22. The van der Waals surface area contributed by atoms with Crippen LogP contribution in [0.4, 0.5) is 0 Å². The average molecular weight is 271 g/mol. The Labute approximate surface area is 114 Å². The minimum Gasteiger partial charge on any atom is -0.481 e. The maximum absolute atomic E-state index is 11.8. The molecule has 0 saturated heterocycles. The van der Waals surface area contributed by atoms with Gasteiger partial charge in [0, 0.05) is 12.5 Å². The van der Waals surface area contributed by atoms with Gasteiger partial charge in [-0.3, -0.25) is 9.59 Å². The molecule has 5 heteroatoms. The van der Waals surface area contributed by atoms with Crippen LogP contribution in [0.1, 0.15) is 52.4 Å². The second-order valence-electron chi connectivity index (χ2n) is 5.43. The van der Waals surface area contributed by atoms with Gasteiger partial charge in [0.2, 0.25) is 5.91 Å². The molecule has 0 radical (unpaired) electrons. The van der Waals surface area contributed by atoms with Crippen molar-refractivity contribution < 1.29 is 19.4 Å². The van der Waals surface area contributed by atoms with Gasteiger partial charge in [0.25, 0.3) is 0 Å². The zero-order chi connectivity index (χ0) is 14.3. The minimum absolute atomic E-state index is 0.109. The molecule has 2 N–H and O–H groups in total. The van der Waals surface area contributed by atoms with E-state index in [-0.39, 0.29) is 18.1 Å². The van der Waals surface area contributed by atoms with Crippen LogP contribution < -0.4 is 5.32 Å². The fourth-order valence-electron chi connectivity index (χ4n) is 2.44. The van der Waals surface area contributed by atoms with Gasteiger partial charge in [0.15, 0.2) is 0 Å². The van der Waals surface area contributed by atoms with Crippen LogP contribution in [0, 0.1) is 5.92 Å². The van der Waals surface area contributed by atoms with E-state index in [1.807, 2.05) is 13.8 Å². The third-order valence-electron chi connectivity index (χ3n) is 3.46. The fraction of sp³-hybridized carbons (Fsp3) is 0.857. The first-order valence-electron chi connectivity index (χ1n) is 7.14. The largest absolute Gasteiger partial charge is 0.481 e. The van der Waals surface area contributed by atoms with E-state index < -0.39 is 11.9 Å². The van der Waals surface area contributed by atoms with Crippen molar-refractivity contribution in [1.29, 1.82) is 0 Å². The van der Waals surface area contributed by atoms with Crippen molar-refractivity contribution in [3.8, 4) is 0 Å². The van der Waals surface area contributed by atoms with Gasteiger partial charge in [0.05, 0.1) is 18.6 Å². The van der Waals surface area contributed by atoms with Gasteiger partial charge >= 0.3 is 5.97 Å². The molecule has 0 aromatic heterocycles. The van der Waals surface area contributed by atoms with Gasteiger partial charge in [-0.05, 0) is 26.7 Å². The summed E-state index contributed by atoms with van der Waals surface area (Å²) < 4.78 is 5.32. The SMILES string of the molecule is CC(C)OCCC(=O)N[C@H]1CCCCC[C@H]1C(=O)O. The van der Waals surface area contributed by atoms with E-state index in [0.29, 0.717) is 19.4 Å². The molecule has 1 rings (SSSR count). The number of nitrogens with one attached hydrogen (secondary N) is 1. The van der Waals surface area contributed by atoms with Crippen molar-refractivity contribution in [2.24, 2.45) is 5.92 Å². The third kappa shape index (κ3) is 6.05. The number of rotatable bonds is 6. The van der Waals surface area contributed by atoms with Crippen LogP contribution in [0.3, 0.4) is 0 Å². The molecule has 0 bridgehead atoms. The maximum atomic E-state index is 11.8. The predicted molar refractivity (Wildman–Crippen MR) is 71.8 cm³/mol. The Morgan fingerprint density at radius 1 is 1.26 bits per heavy atom. The summed E-state index contributed by atoms with van der Waals surface area (Å²) in [5, 5.41) is 12.1. The Bertz CT molecular complexity index is 304. The molecule has 5 nitrogen and oxygen atoms in total. The van der Waals surface area contributed by atoms with Crippen molar-refractivity contribution in [1.82, 2.24) is 5.32 Å². The number of carbonyl (C=O) groups is 2. The third-order valence-corrected chi connectivity index (χ3v) is 3.46. The van der Waals surface area contributed by atoms with Crippen LogP contribution in [0.25, 0.3) is 0 Å². The topological polar surface area (TPSA) is 75.6 Å². The Morgan fingerprint density at radius 2 is 1.95 bits per heavy atom. The lowest BCUT2D eigenvalue weighted by molar-refractivity contribution is -0.143. The molecule has 0 aliphatic heterocycles. The van der Waals surface area contributed by atoms with E-state index in [4.69, 9.17) is 4.74 Å². The lowest BCUT2D eigenvalue weighted by Gasteiger charge is -2.23. The molecule has 0 spiro atoms. The van der Waals surface area contributed by atoms with Gasteiger partial charge in [-0.15, -0.1) is 0 Å². The first kappa shape index (κ1) is 16.0. The van der Waals surface area contributed by atoms with Crippen LogP contribution in [0.2, 0.25) is 0 Å². The van der Waals surface area contributed by atoms with E-state index in [9.17, 15) is 14.7 Å². The first-order chi connectivity index (χ1) is 9.00. The normalized spacial score (nSPS) is 23.9. The summed E-state index contributed by atoms with van der Waals surface area (Å²) in [6, 6.07) is -0.230. The Kier molecular flexibility index (Phi) is 6.84. The number of carboxylic acid groups (broad SMARTS) is 1. The van der Waals surface area contributed by atoms with Crippen LogP contribution >= 0.6 is 0 Å². The van der Waals surface area contributed by atoms with Gasteiger partial charge in [-0.25, -0.2) is 0 Å². The molecule has 19 heavy (non-hydrogen) atoms. The smallest absolute Gasteiger partial charge is 0.308 e. The molecule has 1 amide bonds. The van der Waals surface area contributed by atoms with Crippen molar-refractivity contribution in [2.75, 3.05) is 6.61 Å². The highest BCUT2D eigenvalue weighted by atomic mass is 16.5.